The highest BCUT2D eigenvalue weighted by Gasteiger charge is 2.14. The minimum atomic E-state index is -0.481. The van der Waals surface area contributed by atoms with Gasteiger partial charge in [-0.25, -0.2) is 4.79 Å². The fraction of sp³-hybridized carbons (Fsp3) is 0.300. The van der Waals surface area contributed by atoms with E-state index in [1.807, 2.05) is 6.07 Å². The van der Waals surface area contributed by atoms with Crippen LogP contribution in [0.25, 0.3) is 0 Å². The van der Waals surface area contributed by atoms with Crippen LogP contribution in [0.2, 0.25) is 0 Å². The van der Waals surface area contributed by atoms with Gasteiger partial charge in [-0.05, 0) is 55.3 Å². The Kier molecular flexibility index (Phi) is 7.09. The van der Waals surface area contributed by atoms with Crippen molar-refractivity contribution in [1.29, 1.82) is 0 Å². The van der Waals surface area contributed by atoms with E-state index in [1.165, 1.54) is 43.5 Å². The number of rotatable bonds is 7. The highest BCUT2D eigenvalue weighted by molar-refractivity contribution is 7.99. The van der Waals surface area contributed by atoms with Crippen LogP contribution in [0.1, 0.15) is 27.9 Å². The zero-order valence-electron chi connectivity index (χ0n) is 15.3. The summed E-state index contributed by atoms with van der Waals surface area (Å²) in [5.41, 5.74) is 2.80. The number of benzene rings is 2. The zero-order valence-corrected chi connectivity index (χ0v) is 16.1. The number of thioether (sulfide) groups is 1. The maximum absolute atomic E-state index is 12.1. The van der Waals surface area contributed by atoms with Gasteiger partial charge in [-0.15, -0.1) is 11.8 Å². The maximum Gasteiger partial charge on any atom is 0.337 e. The van der Waals surface area contributed by atoms with E-state index in [9.17, 15) is 9.59 Å². The first kappa shape index (κ1) is 19.8. The summed E-state index contributed by atoms with van der Waals surface area (Å²) in [6.07, 6.45) is 0.263. The Bertz CT molecular complexity index is 801. The Balaban J connectivity index is 1.92. The Hall–Kier alpha value is -2.47. The first-order valence-corrected chi connectivity index (χ1v) is 9.10. The van der Waals surface area contributed by atoms with Crippen LogP contribution >= 0.6 is 11.8 Å². The van der Waals surface area contributed by atoms with Gasteiger partial charge in [0.15, 0.2) is 11.5 Å². The Morgan fingerprint density at radius 1 is 0.962 bits per heavy atom. The molecule has 0 bridgehead atoms. The molecule has 138 valence electrons. The highest BCUT2D eigenvalue weighted by Crippen LogP contribution is 2.29. The standard InChI is InChI=1S/C20H22O5S/c1-13-5-7-16(11-14(13)2)26-10-9-19(21)25-17-8-6-15(20(22)24-4)12-18(17)23-3/h5-8,11-12H,9-10H2,1-4H3. The van der Waals surface area contributed by atoms with Gasteiger partial charge in [0.25, 0.3) is 0 Å². The number of methoxy groups -OCH3 is 2. The lowest BCUT2D eigenvalue weighted by atomic mass is 10.1. The summed E-state index contributed by atoms with van der Waals surface area (Å²) in [6, 6.07) is 10.8. The van der Waals surface area contributed by atoms with Crippen molar-refractivity contribution in [3.8, 4) is 11.5 Å². The van der Waals surface area contributed by atoms with Gasteiger partial charge in [-0.3, -0.25) is 4.79 Å². The quantitative estimate of drug-likeness (QED) is 0.411. The van der Waals surface area contributed by atoms with Crippen molar-refractivity contribution in [2.75, 3.05) is 20.0 Å². The van der Waals surface area contributed by atoms with Crippen molar-refractivity contribution < 1.29 is 23.8 Å². The number of ether oxygens (including phenoxy) is 3. The van der Waals surface area contributed by atoms with E-state index in [0.717, 1.165) is 4.90 Å². The monoisotopic (exact) mass is 374 g/mol. The second kappa shape index (κ2) is 9.29. The molecule has 0 heterocycles. The van der Waals surface area contributed by atoms with Gasteiger partial charge in [-0.2, -0.15) is 0 Å². The molecule has 0 atom stereocenters. The summed E-state index contributed by atoms with van der Waals surface area (Å²) in [4.78, 5) is 24.8. The lowest BCUT2D eigenvalue weighted by molar-refractivity contribution is -0.134. The van der Waals surface area contributed by atoms with Crippen molar-refractivity contribution in [2.24, 2.45) is 0 Å². The van der Waals surface area contributed by atoms with Crippen LogP contribution in [0.4, 0.5) is 0 Å². The molecule has 0 aromatic heterocycles. The van der Waals surface area contributed by atoms with Crippen molar-refractivity contribution in [1.82, 2.24) is 0 Å². The van der Waals surface area contributed by atoms with Crippen LogP contribution in [0.5, 0.6) is 11.5 Å². The predicted octanol–water partition coefficient (Wildman–Crippen LogP) is 4.19. The van der Waals surface area contributed by atoms with E-state index < -0.39 is 5.97 Å². The molecule has 0 aliphatic heterocycles. The van der Waals surface area contributed by atoms with E-state index >= 15 is 0 Å². The SMILES string of the molecule is COC(=O)c1ccc(OC(=O)CCSc2ccc(C)c(C)c2)c(OC)c1. The topological polar surface area (TPSA) is 61.8 Å². The van der Waals surface area contributed by atoms with Gasteiger partial charge in [0.05, 0.1) is 26.2 Å². The Labute approximate surface area is 157 Å². The van der Waals surface area contributed by atoms with Crippen LogP contribution in [-0.4, -0.2) is 31.9 Å². The summed E-state index contributed by atoms with van der Waals surface area (Å²) >= 11 is 1.61. The van der Waals surface area contributed by atoms with Gasteiger partial charge < -0.3 is 14.2 Å². The fourth-order valence-corrected chi connectivity index (χ4v) is 3.16. The molecule has 0 fully saturated rings. The maximum atomic E-state index is 12.1. The molecule has 0 radical (unpaired) electrons. The summed E-state index contributed by atoms with van der Waals surface area (Å²) in [6.45, 7) is 4.14. The molecule has 0 saturated heterocycles. The van der Waals surface area contributed by atoms with E-state index in [0.29, 0.717) is 17.1 Å². The van der Waals surface area contributed by atoms with Crippen molar-refractivity contribution >= 4 is 23.7 Å². The van der Waals surface area contributed by atoms with Gasteiger partial charge in [-0.1, -0.05) is 6.07 Å². The zero-order chi connectivity index (χ0) is 19.1. The molecule has 0 unspecified atom stereocenters. The summed E-state index contributed by atoms with van der Waals surface area (Å²) in [5, 5.41) is 0. The minimum absolute atomic E-state index is 0.263. The summed E-state index contributed by atoms with van der Waals surface area (Å²) < 4.78 is 15.2. The third-order valence-corrected chi connectivity index (χ3v) is 4.86. The number of hydrogen-bond donors (Lipinski definition) is 0. The second-order valence-electron chi connectivity index (χ2n) is 5.68. The number of hydrogen-bond acceptors (Lipinski definition) is 6. The molecule has 2 aromatic carbocycles. The average molecular weight is 374 g/mol. The first-order valence-electron chi connectivity index (χ1n) is 8.11. The fourth-order valence-electron chi connectivity index (χ4n) is 2.23. The predicted molar refractivity (Wildman–Crippen MR) is 101 cm³/mol. The molecular formula is C20H22O5S. The largest absolute Gasteiger partial charge is 0.493 e. The van der Waals surface area contributed by atoms with E-state index in [-0.39, 0.29) is 18.1 Å². The van der Waals surface area contributed by atoms with Gasteiger partial charge in [0.1, 0.15) is 0 Å². The average Bonchev–Trinajstić information content (AvgIpc) is 2.64. The molecule has 0 N–H and O–H groups in total. The van der Waals surface area contributed by atoms with Gasteiger partial charge >= 0.3 is 11.9 Å². The number of aryl methyl sites for hydroxylation is 2. The van der Waals surface area contributed by atoms with Gasteiger partial charge in [0, 0.05) is 10.6 Å². The van der Waals surface area contributed by atoms with Gasteiger partial charge in [0.2, 0.25) is 0 Å². The minimum Gasteiger partial charge on any atom is -0.493 e. The normalized spacial score (nSPS) is 10.3. The van der Waals surface area contributed by atoms with Crippen molar-refractivity contribution in [3.05, 3.63) is 53.1 Å². The lowest BCUT2D eigenvalue weighted by Gasteiger charge is -2.10. The molecule has 0 saturated carbocycles. The molecule has 6 heteroatoms. The molecule has 5 nitrogen and oxygen atoms in total. The molecule has 0 spiro atoms. The van der Waals surface area contributed by atoms with Crippen LogP contribution in [0.3, 0.4) is 0 Å². The number of carbonyl (C=O) groups excluding carboxylic acids is 2. The van der Waals surface area contributed by atoms with E-state index in [2.05, 4.69) is 30.7 Å². The van der Waals surface area contributed by atoms with Crippen molar-refractivity contribution in [3.63, 3.8) is 0 Å². The molecule has 0 aliphatic rings. The van der Waals surface area contributed by atoms with Crippen LogP contribution in [-0.2, 0) is 9.53 Å². The molecule has 26 heavy (non-hydrogen) atoms. The van der Waals surface area contributed by atoms with Crippen LogP contribution in [0, 0.1) is 13.8 Å². The smallest absolute Gasteiger partial charge is 0.337 e. The van der Waals surface area contributed by atoms with E-state index in [4.69, 9.17) is 9.47 Å². The lowest BCUT2D eigenvalue weighted by Crippen LogP contribution is -2.10. The highest BCUT2D eigenvalue weighted by atomic mass is 32.2. The Morgan fingerprint density at radius 3 is 2.38 bits per heavy atom. The van der Waals surface area contributed by atoms with Crippen LogP contribution in [0.15, 0.2) is 41.3 Å². The van der Waals surface area contributed by atoms with Crippen LogP contribution < -0.4 is 9.47 Å². The van der Waals surface area contributed by atoms with E-state index in [1.54, 1.807) is 11.8 Å². The molecule has 2 rings (SSSR count). The number of carbonyl (C=O) groups is 2. The Morgan fingerprint density at radius 2 is 1.73 bits per heavy atom. The molecule has 2 aromatic rings. The summed E-state index contributed by atoms with van der Waals surface area (Å²) in [5.74, 6) is 0.366. The molecular weight excluding hydrogens is 352 g/mol. The third-order valence-electron chi connectivity index (χ3n) is 3.86. The third kappa shape index (κ3) is 5.26. The number of esters is 2. The molecule has 0 amide bonds. The molecule has 0 aliphatic carbocycles. The first-order chi connectivity index (χ1) is 12.4. The second-order valence-corrected chi connectivity index (χ2v) is 6.84. The van der Waals surface area contributed by atoms with Crippen molar-refractivity contribution in [2.45, 2.75) is 25.2 Å². The summed E-state index contributed by atoms with van der Waals surface area (Å²) in [7, 11) is 2.75.